The summed E-state index contributed by atoms with van der Waals surface area (Å²) in [6, 6.07) is 10.0. The first-order valence-electron chi connectivity index (χ1n) is 13.2. The number of nitrogens with zero attached hydrogens (tertiary/aromatic N) is 4. The number of benzene rings is 1. The first kappa shape index (κ1) is 24.6. The van der Waals surface area contributed by atoms with Gasteiger partial charge in [0.15, 0.2) is 0 Å². The van der Waals surface area contributed by atoms with Crippen LogP contribution in [0.3, 0.4) is 0 Å². The molecule has 3 aliphatic rings. The van der Waals surface area contributed by atoms with Gasteiger partial charge in [-0.2, -0.15) is 0 Å². The lowest BCUT2D eigenvalue weighted by molar-refractivity contribution is -0.141. The Bertz CT molecular complexity index is 845. The number of piperidine rings is 1. The Hall–Kier alpha value is -2.57. The molecule has 3 aliphatic heterocycles. The van der Waals surface area contributed by atoms with E-state index in [1.165, 1.54) is 19.3 Å². The highest BCUT2D eigenvalue weighted by molar-refractivity contribution is 5.96. The van der Waals surface area contributed by atoms with Gasteiger partial charge in [-0.3, -0.25) is 14.4 Å². The highest BCUT2D eigenvalue weighted by atomic mass is 16.2. The van der Waals surface area contributed by atoms with Crippen LogP contribution in [0.1, 0.15) is 71.1 Å². The van der Waals surface area contributed by atoms with Gasteiger partial charge >= 0.3 is 0 Å². The van der Waals surface area contributed by atoms with Crippen LogP contribution in [-0.4, -0.2) is 77.4 Å². The van der Waals surface area contributed by atoms with Gasteiger partial charge < -0.3 is 19.6 Å². The monoisotopic (exact) mass is 468 g/mol. The van der Waals surface area contributed by atoms with Crippen molar-refractivity contribution < 1.29 is 14.4 Å². The van der Waals surface area contributed by atoms with E-state index in [0.717, 1.165) is 44.5 Å². The number of likely N-dealkylation sites (tertiary alicyclic amines) is 2. The van der Waals surface area contributed by atoms with Crippen molar-refractivity contribution in [3.05, 3.63) is 30.3 Å². The molecule has 3 heterocycles. The zero-order valence-corrected chi connectivity index (χ0v) is 20.7. The number of rotatable bonds is 9. The minimum Gasteiger partial charge on any atom is -0.342 e. The van der Waals surface area contributed by atoms with Crippen LogP contribution < -0.4 is 4.90 Å². The summed E-state index contributed by atoms with van der Waals surface area (Å²) >= 11 is 0. The van der Waals surface area contributed by atoms with Crippen molar-refractivity contribution >= 4 is 23.4 Å². The molecule has 3 saturated heterocycles. The van der Waals surface area contributed by atoms with E-state index in [0.29, 0.717) is 39.0 Å². The van der Waals surface area contributed by atoms with E-state index in [-0.39, 0.29) is 24.3 Å². The highest BCUT2D eigenvalue weighted by Crippen LogP contribution is 2.39. The number of para-hydroxylation sites is 1. The third kappa shape index (κ3) is 5.23. The number of amides is 3. The molecule has 1 spiro atoms. The molecule has 0 N–H and O–H groups in total. The molecular formula is C27H40N4O3. The van der Waals surface area contributed by atoms with Crippen LogP contribution in [0, 0.1) is 0 Å². The lowest BCUT2D eigenvalue weighted by Crippen LogP contribution is -2.57. The number of anilines is 1. The number of carbonyl (C=O) groups is 3. The largest absolute Gasteiger partial charge is 0.342 e. The molecule has 0 unspecified atom stereocenters. The van der Waals surface area contributed by atoms with Crippen molar-refractivity contribution in [1.82, 2.24) is 14.7 Å². The van der Waals surface area contributed by atoms with E-state index in [4.69, 9.17) is 0 Å². The van der Waals surface area contributed by atoms with Crippen molar-refractivity contribution in [3.8, 4) is 0 Å². The molecule has 4 rings (SSSR count). The van der Waals surface area contributed by atoms with E-state index >= 15 is 0 Å². The standard InChI is InChI=1S/C27H40N4O3/c1-2-3-4-5-9-14-24(32)29-19-15-27(16-20-29)26(34)30(21-25(33)28-17-10-11-18-28)22-31(27)23-12-7-6-8-13-23/h6-8,12-13H,2-5,9-11,14-22H2,1H3. The Morgan fingerprint density at radius 2 is 1.50 bits per heavy atom. The summed E-state index contributed by atoms with van der Waals surface area (Å²) in [5, 5.41) is 0. The normalized spacial score (nSPS) is 20.0. The van der Waals surface area contributed by atoms with Gasteiger partial charge in [-0.05, 0) is 44.2 Å². The molecule has 34 heavy (non-hydrogen) atoms. The fraction of sp³-hybridized carbons (Fsp3) is 0.667. The quantitative estimate of drug-likeness (QED) is 0.519. The highest BCUT2D eigenvalue weighted by Gasteiger charge is 2.54. The molecule has 7 nitrogen and oxygen atoms in total. The Balaban J connectivity index is 1.42. The predicted octanol–water partition coefficient (Wildman–Crippen LogP) is 3.64. The molecule has 1 aromatic rings. The molecule has 1 aromatic carbocycles. The van der Waals surface area contributed by atoms with Gasteiger partial charge in [-0.25, -0.2) is 0 Å². The van der Waals surface area contributed by atoms with Crippen LogP contribution in [0.15, 0.2) is 30.3 Å². The molecule has 3 fully saturated rings. The minimum absolute atomic E-state index is 0.0376. The summed E-state index contributed by atoms with van der Waals surface area (Å²) in [7, 11) is 0. The van der Waals surface area contributed by atoms with Crippen molar-refractivity contribution in [2.24, 2.45) is 0 Å². The Kier molecular flexibility index (Phi) is 8.11. The van der Waals surface area contributed by atoms with Crippen molar-refractivity contribution in [2.75, 3.05) is 44.3 Å². The second kappa shape index (κ2) is 11.2. The first-order chi connectivity index (χ1) is 16.5. The number of hydrogen-bond acceptors (Lipinski definition) is 4. The molecular weight excluding hydrogens is 428 g/mol. The van der Waals surface area contributed by atoms with Crippen LogP contribution in [0.2, 0.25) is 0 Å². The van der Waals surface area contributed by atoms with E-state index < -0.39 is 5.54 Å². The smallest absolute Gasteiger partial charge is 0.250 e. The molecule has 0 aliphatic carbocycles. The van der Waals surface area contributed by atoms with E-state index in [1.54, 1.807) is 4.90 Å². The first-order valence-corrected chi connectivity index (χ1v) is 13.2. The van der Waals surface area contributed by atoms with E-state index in [2.05, 4.69) is 11.8 Å². The number of carbonyl (C=O) groups excluding carboxylic acids is 3. The Morgan fingerprint density at radius 1 is 0.853 bits per heavy atom. The van der Waals surface area contributed by atoms with Crippen LogP contribution in [0.4, 0.5) is 5.69 Å². The molecule has 7 heteroatoms. The second-order valence-corrected chi connectivity index (χ2v) is 10.1. The topological polar surface area (TPSA) is 64.2 Å². The molecule has 0 radical (unpaired) electrons. The van der Waals surface area contributed by atoms with Gasteiger partial charge in [-0.15, -0.1) is 0 Å². The SMILES string of the molecule is CCCCCCCC(=O)N1CCC2(CC1)C(=O)N(CC(=O)N1CCCC1)CN2c1ccccc1. The number of hydrogen-bond donors (Lipinski definition) is 0. The van der Waals surface area contributed by atoms with Crippen LogP contribution in [-0.2, 0) is 14.4 Å². The lowest BCUT2D eigenvalue weighted by Gasteiger charge is -2.43. The van der Waals surface area contributed by atoms with E-state index in [1.807, 2.05) is 40.1 Å². The zero-order chi connectivity index (χ0) is 24.0. The molecule has 0 aromatic heterocycles. The minimum atomic E-state index is -0.676. The molecule has 186 valence electrons. The Morgan fingerprint density at radius 3 is 2.18 bits per heavy atom. The third-order valence-electron chi connectivity index (χ3n) is 7.80. The maximum atomic E-state index is 13.8. The molecule has 3 amide bonds. The average molecular weight is 469 g/mol. The summed E-state index contributed by atoms with van der Waals surface area (Å²) in [4.78, 5) is 47.1. The lowest BCUT2D eigenvalue weighted by atomic mass is 9.85. The third-order valence-corrected chi connectivity index (χ3v) is 7.80. The summed E-state index contributed by atoms with van der Waals surface area (Å²) in [5.74, 6) is 0.297. The van der Waals surface area contributed by atoms with Crippen LogP contribution in [0.5, 0.6) is 0 Å². The summed E-state index contributed by atoms with van der Waals surface area (Å²) in [5.41, 5.74) is 0.326. The maximum Gasteiger partial charge on any atom is 0.250 e. The fourth-order valence-corrected chi connectivity index (χ4v) is 5.72. The second-order valence-electron chi connectivity index (χ2n) is 10.1. The van der Waals surface area contributed by atoms with Gasteiger partial charge in [0.2, 0.25) is 11.8 Å². The zero-order valence-electron chi connectivity index (χ0n) is 20.7. The van der Waals surface area contributed by atoms with Gasteiger partial charge in [0.1, 0.15) is 12.1 Å². The van der Waals surface area contributed by atoms with Gasteiger partial charge in [0, 0.05) is 38.3 Å². The van der Waals surface area contributed by atoms with Crippen molar-refractivity contribution in [1.29, 1.82) is 0 Å². The van der Waals surface area contributed by atoms with Crippen LogP contribution >= 0.6 is 0 Å². The van der Waals surface area contributed by atoms with Gasteiger partial charge in [0.05, 0.1) is 6.67 Å². The summed E-state index contributed by atoms with van der Waals surface area (Å²) in [6.45, 7) is 5.54. The Labute approximate surface area is 204 Å². The van der Waals surface area contributed by atoms with Crippen molar-refractivity contribution in [3.63, 3.8) is 0 Å². The molecule has 0 saturated carbocycles. The van der Waals surface area contributed by atoms with E-state index in [9.17, 15) is 14.4 Å². The average Bonchev–Trinajstić information content (AvgIpc) is 3.49. The van der Waals surface area contributed by atoms with Gasteiger partial charge in [-0.1, -0.05) is 50.8 Å². The van der Waals surface area contributed by atoms with Gasteiger partial charge in [0.25, 0.3) is 5.91 Å². The molecule has 0 bridgehead atoms. The predicted molar refractivity (Wildman–Crippen MR) is 133 cm³/mol. The number of unbranched alkanes of at least 4 members (excludes halogenated alkanes) is 4. The van der Waals surface area contributed by atoms with Crippen LogP contribution in [0.25, 0.3) is 0 Å². The maximum absolute atomic E-state index is 13.8. The fourth-order valence-electron chi connectivity index (χ4n) is 5.72. The van der Waals surface area contributed by atoms with Crippen molar-refractivity contribution in [2.45, 2.75) is 76.7 Å². The summed E-state index contributed by atoms with van der Waals surface area (Å²) < 4.78 is 0. The molecule has 0 atom stereocenters. The summed E-state index contributed by atoms with van der Waals surface area (Å²) in [6.07, 6.45) is 9.59.